The molecule has 3 aromatic rings. The number of hydrogen-bond acceptors (Lipinski definition) is 5. The lowest BCUT2D eigenvalue weighted by Gasteiger charge is -2.13. The van der Waals surface area contributed by atoms with E-state index in [1.54, 1.807) is 17.7 Å². The molecule has 1 N–H and O–H groups in total. The lowest BCUT2D eigenvalue weighted by molar-refractivity contribution is -0.118. The molecule has 0 aliphatic rings. The molecule has 1 aromatic heterocycles. The van der Waals surface area contributed by atoms with Crippen molar-refractivity contribution in [3.05, 3.63) is 70.5 Å². The summed E-state index contributed by atoms with van der Waals surface area (Å²) in [6.07, 6.45) is 2.47. The topological polar surface area (TPSA) is 73.2 Å². The molecule has 3 rings (SSSR count). The van der Waals surface area contributed by atoms with E-state index in [2.05, 4.69) is 22.4 Å². The fourth-order valence-corrected chi connectivity index (χ4v) is 4.02. The molecule has 158 valence electrons. The van der Waals surface area contributed by atoms with E-state index in [1.807, 2.05) is 36.4 Å². The maximum atomic E-state index is 13.1. The van der Waals surface area contributed by atoms with Crippen LogP contribution in [0.3, 0.4) is 0 Å². The Morgan fingerprint density at radius 1 is 1.10 bits per heavy atom. The largest absolute Gasteiger partial charge is 0.385 e. The molecule has 7 heteroatoms. The first-order valence-electron chi connectivity index (χ1n) is 10.1. The van der Waals surface area contributed by atoms with E-state index in [1.165, 1.54) is 17.3 Å². The van der Waals surface area contributed by atoms with Crippen molar-refractivity contribution in [3.8, 4) is 0 Å². The summed E-state index contributed by atoms with van der Waals surface area (Å²) in [5.41, 5.74) is 1.84. The van der Waals surface area contributed by atoms with E-state index in [-0.39, 0.29) is 17.2 Å². The Morgan fingerprint density at radius 3 is 2.67 bits per heavy atom. The normalized spacial score (nSPS) is 11.0. The second kappa shape index (κ2) is 11.5. The number of methoxy groups -OCH3 is 1. The molecule has 0 atom stereocenters. The number of rotatable bonds is 11. The molecule has 0 aliphatic carbocycles. The van der Waals surface area contributed by atoms with Gasteiger partial charge in [-0.25, -0.2) is 4.98 Å². The molecule has 2 aromatic carbocycles. The number of fused-ring (bicyclic) bond motifs is 1. The predicted molar refractivity (Wildman–Crippen MR) is 121 cm³/mol. The Kier molecular flexibility index (Phi) is 8.47. The smallest absolute Gasteiger partial charge is 0.262 e. The van der Waals surface area contributed by atoms with Crippen LogP contribution < -0.4 is 10.9 Å². The third-order valence-corrected chi connectivity index (χ3v) is 5.67. The average Bonchev–Trinajstić information content (AvgIpc) is 2.78. The summed E-state index contributed by atoms with van der Waals surface area (Å²) in [7, 11) is 1.64. The van der Waals surface area contributed by atoms with Crippen molar-refractivity contribution >= 4 is 28.6 Å². The molecule has 30 heavy (non-hydrogen) atoms. The molecule has 0 aliphatic heterocycles. The highest BCUT2D eigenvalue weighted by atomic mass is 32.2. The number of aryl methyl sites for hydroxylation is 1. The SMILES string of the molecule is COCCCNC(=O)CSc1nc2ccccc2c(=O)n1CCCc1ccccc1. The minimum absolute atomic E-state index is 0.0586. The first-order chi connectivity index (χ1) is 14.7. The Labute approximate surface area is 180 Å². The number of nitrogens with one attached hydrogen (secondary N) is 1. The molecule has 0 spiro atoms. The first kappa shape index (κ1) is 22.1. The molecule has 0 unspecified atom stereocenters. The number of carbonyl (C=O) groups excluding carboxylic acids is 1. The zero-order chi connectivity index (χ0) is 21.2. The Balaban J connectivity index is 1.71. The lowest BCUT2D eigenvalue weighted by Crippen LogP contribution is -2.28. The minimum Gasteiger partial charge on any atom is -0.385 e. The van der Waals surface area contributed by atoms with Gasteiger partial charge in [-0.2, -0.15) is 0 Å². The van der Waals surface area contributed by atoms with Crippen LogP contribution in [0.25, 0.3) is 10.9 Å². The van der Waals surface area contributed by atoms with Crippen molar-refractivity contribution < 1.29 is 9.53 Å². The van der Waals surface area contributed by atoms with Gasteiger partial charge in [-0.3, -0.25) is 14.2 Å². The van der Waals surface area contributed by atoms with Gasteiger partial charge >= 0.3 is 0 Å². The molecule has 0 fully saturated rings. The highest BCUT2D eigenvalue weighted by Gasteiger charge is 2.13. The van der Waals surface area contributed by atoms with Gasteiger partial charge in [0.15, 0.2) is 5.16 Å². The molecule has 0 saturated heterocycles. The maximum Gasteiger partial charge on any atom is 0.262 e. The van der Waals surface area contributed by atoms with Crippen molar-refractivity contribution in [2.75, 3.05) is 26.0 Å². The van der Waals surface area contributed by atoms with E-state index in [0.29, 0.717) is 35.8 Å². The second-order valence-corrected chi connectivity index (χ2v) is 7.88. The van der Waals surface area contributed by atoms with Crippen molar-refractivity contribution in [1.29, 1.82) is 0 Å². The Morgan fingerprint density at radius 2 is 1.87 bits per heavy atom. The van der Waals surface area contributed by atoms with Crippen molar-refractivity contribution in [2.24, 2.45) is 0 Å². The number of benzene rings is 2. The third kappa shape index (κ3) is 6.18. The number of nitrogens with zero attached hydrogens (tertiary/aromatic N) is 2. The highest BCUT2D eigenvalue weighted by molar-refractivity contribution is 7.99. The van der Waals surface area contributed by atoms with Gasteiger partial charge in [0.2, 0.25) is 5.91 Å². The zero-order valence-corrected chi connectivity index (χ0v) is 18.0. The van der Waals surface area contributed by atoms with E-state index in [9.17, 15) is 9.59 Å². The van der Waals surface area contributed by atoms with Gasteiger partial charge in [-0.05, 0) is 37.0 Å². The Bertz CT molecular complexity index is 1020. The van der Waals surface area contributed by atoms with Crippen molar-refractivity contribution in [2.45, 2.75) is 31.0 Å². The van der Waals surface area contributed by atoms with Crippen molar-refractivity contribution in [3.63, 3.8) is 0 Å². The van der Waals surface area contributed by atoms with E-state index < -0.39 is 0 Å². The lowest BCUT2D eigenvalue weighted by atomic mass is 10.1. The van der Waals surface area contributed by atoms with Gasteiger partial charge in [0, 0.05) is 26.8 Å². The number of carbonyl (C=O) groups is 1. The van der Waals surface area contributed by atoms with Crippen LogP contribution in [0.5, 0.6) is 0 Å². The molecular formula is C23H27N3O3S. The summed E-state index contributed by atoms with van der Waals surface area (Å²) in [5.74, 6) is 0.144. The Hall–Kier alpha value is -2.64. The number of aromatic nitrogens is 2. The van der Waals surface area contributed by atoms with Crippen LogP contribution in [0.2, 0.25) is 0 Å². The molecule has 6 nitrogen and oxygen atoms in total. The van der Waals surface area contributed by atoms with Crippen LogP contribution in [0.1, 0.15) is 18.4 Å². The first-order valence-corrected chi connectivity index (χ1v) is 11.1. The number of thioether (sulfide) groups is 1. The number of para-hydroxylation sites is 1. The molecule has 0 radical (unpaired) electrons. The van der Waals surface area contributed by atoms with Gasteiger partial charge in [0.05, 0.1) is 16.7 Å². The number of ether oxygens (including phenoxy) is 1. The maximum absolute atomic E-state index is 13.1. The number of amides is 1. The zero-order valence-electron chi connectivity index (χ0n) is 17.2. The number of hydrogen-bond donors (Lipinski definition) is 1. The second-order valence-electron chi connectivity index (χ2n) is 6.94. The fraction of sp³-hybridized carbons (Fsp3) is 0.348. The molecule has 1 heterocycles. The summed E-state index contributed by atoms with van der Waals surface area (Å²) < 4.78 is 6.69. The van der Waals surface area contributed by atoms with Crippen LogP contribution in [-0.2, 0) is 22.5 Å². The third-order valence-electron chi connectivity index (χ3n) is 4.70. The quantitative estimate of drug-likeness (QED) is 0.290. The van der Waals surface area contributed by atoms with Crippen LogP contribution in [-0.4, -0.2) is 41.5 Å². The summed E-state index contributed by atoms with van der Waals surface area (Å²) >= 11 is 1.30. The van der Waals surface area contributed by atoms with Crippen LogP contribution in [0.4, 0.5) is 0 Å². The van der Waals surface area contributed by atoms with Crippen LogP contribution >= 0.6 is 11.8 Å². The summed E-state index contributed by atoms with van der Waals surface area (Å²) in [4.78, 5) is 29.9. The summed E-state index contributed by atoms with van der Waals surface area (Å²) in [6, 6.07) is 17.6. The van der Waals surface area contributed by atoms with Crippen LogP contribution in [0.15, 0.2) is 64.5 Å². The van der Waals surface area contributed by atoms with Gasteiger partial charge in [-0.15, -0.1) is 0 Å². The van der Waals surface area contributed by atoms with Crippen LogP contribution in [0, 0.1) is 0 Å². The molecule has 0 saturated carbocycles. The van der Waals surface area contributed by atoms with E-state index >= 15 is 0 Å². The standard InChI is InChI=1S/C23H27N3O3S/c1-29-16-8-14-24-21(27)17-30-23-25-20-13-6-5-12-19(20)22(28)26(23)15-7-11-18-9-3-2-4-10-18/h2-6,9-10,12-13H,7-8,11,14-17H2,1H3,(H,24,27). The summed E-state index contributed by atoms with van der Waals surface area (Å²) in [6.45, 7) is 1.74. The highest BCUT2D eigenvalue weighted by Crippen LogP contribution is 2.18. The van der Waals surface area contributed by atoms with Gasteiger partial charge < -0.3 is 10.1 Å². The molecule has 1 amide bonds. The van der Waals surface area contributed by atoms with Gasteiger partial charge in [0.1, 0.15) is 0 Å². The fourth-order valence-electron chi connectivity index (χ4n) is 3.17. The molecule has 0 bridgehead atoms. The molecular weight excluding hydrogens is 398 g/mol. The van der Waals surface area contributed by atoms with Crippen molar-refractivity contribution in [1.82, 2.24) is 14.9 Å². The van der Waals surface area contributed by atoms with Gasteiger partial charge in [0.25, 0.3) is 5.56 Å². The monoisotopic (exact) mass is 425 g/mol. The van der Waals surface area contributed by atoms with E-state index in [4.69, 9.17) is 4.74 Å². The minimum atomic E-state index is -0.0747. The van der Waals surface area contributed by atoms with Gasteiger partial charge in [-0.1, -0.05) is 54.2 Å². The summed E-state index contributed by atoms with van der Waals surface area (Å²) in [5, 5.41) is 4.05. The average molecular weight is 426 g/mol. The van der Waals surface area contributed by atoms with E-state index in [0.717, 1.165) is 19.3 Å². The predicted octanol–water partition coefficient (Wildman–Crippen LogP) is 3.27.